The molecule has 0 aliphatic heterocycles. The molecule has 0 saturated heterocycles. The van der Waals surface area contributed by atoms with Crippen molar-refractivity contribution in [3.8, 4) is 0 Å². The Bertz CT molecular complexity index is 182. The Morgan fingerprint density at radius 3 is 2.85 bits per heavy atom. The number of nitrogens with two attached hydrogens (primary N) is 1. The Hall–Kier alpha value is -0.610. The number of hydrogen-bond donors (Lipinski definition) is 3. The minimum Gasteiger partial charge on any atom is -0.393 e. The van der Waals surface area contributed by atoms with Crippen molar-refractivity contribution in [3.63, 3.8) is 0 Å². The first-order chi connectivity index (χ1) is 6.11. The van der Waals surface area contributed by atoms with E-state index >= 15 is 0 Å². The summed E-state index contributed by atoms with van der Waals surface area (Å²) in [6, 6.07) is -0.460. The Balaban J connectivity index is 2.22. The van der Waals surface area contributed by atoms with Gasteiger partial charge < -0.3 is 16.2 Å². The van der Waals surface area contributed by atoms with Gasteiger partial charge in [-0.05, 0) is 19.8 Å². The number of hydrogen-bond acceptors (Lipinski definition) is 3. The van der Waals surface area contributed by atoms with Crippen LogP contribution in [0.15, 0.2) is 0 Å². The zero-order valence-electron chi connectivity index (χ0n) is 7.99. The fraction of sp³-hybridized carbons (Fsp3) is 0.889. The number of aliphatic hydroxyl groups is 1. The van der Waals surface area contributed by atoms with Crippen molar-refractivity contribution in [2.24, 2.45) is 11.7 Å². The highest BCUT2D eigenvalue weighted by atomic mass is 16.3. The first-order valence-corrected chi connectivity index (χ1v) is 4.82. The normalized spacial score (nSPS) is 30.1. The molecule has 1 rings (SSSR count). The third-order valence-corrected chi connectivity index (χ3v) is 2.57. The van der Waals surface area contributed by atoms with Gasteiger partial charge >= 0.3 is 0 Å². The average Bonchev–Trinajstić information content (AvgIpc) is 2.47. The molecule has 0 heterocycles. The van der Waals surface area contributed by atoms with E-state index in [2.05, 4.69) is 5.32 Å². The number of carbonyl (C=O) groups is 1. The van der Waals surface area contributed by atoms with E-state index in [1.807, 2.05) is 0 Å². The fourth-order valence-corrected chi connectivity index (χ4v) is 1.65. The summed E-state index contributed by atoms with van der Waals surface area (Å²) in [5.74, 6) is 0.0850. The molecule has 0 aromatic carbocycles. The van der Waals surface area contributed by atoms with E-state index in [-0.39, 0.29) is 17.9 Å². The third kappa shape index (κ3) is 2.97. The number of carbonyl (C=O) groups excluding carboxylic acids is 1. The zero-order chi connectivity index (χ0) is 9.84. The topological polar surface area (TPSA) is 75.4 Å². The van der Waals surface area contributed by atoms with Gasteiger partial charge in [-0.15, -0.1) is 0 Å². The molecule has 4 heteroatoms. The van der Waals surface area contributed by atoms with Crippen molar-refractivity contribution in [3.05, 3.63) is 0 Å². The van der Waals surface area contributed by atoms with Crippen LogP contribution in [0.2, 0.25) is 0 Å². The van der Waals surface area contributed by atoms with Crippen LogP contribution in [0.3, 0.4) is 0 Å². The molecule has 1 aliphatic rings. The van der Waals surface area contributed by atoms with Crippen LogP contribution in [0.5, 0.6) is 0 Å². The molecule has 1 amide bonds. The molecule has 0 spiro atoms. The second-order valence-corrected chi connectivity index (χ2v) is 3.79. The summed E-state index contributed by atoms with van der Waals surface area (Å²) in [5.41, 5.74) is 5.38. The van der Waals surface area contributed by atoms with Gasteiger partial charge in [-0.25, -0.2) is 0 Å². The fourth-order valence-electron chi connectivity index (χ4n) is 1.65. The van der Waals surface area contributed by atoms with Gasteiger partial charge in [-0.1, -0.05) is 6.42 Å². The summed E-state index contributed by atoms with van der Waals surface area (Å²) in [6.45, 7) is 2.21. The molecule has 13 heavy (non-hydrogen) atoms. The number of amides is 1. The van der Waals surface area contributed by atoms with Crippen LogP contribution in [-0.2, 0) is 4.79 Å². The number of nitrogens with one attached hydrogen (secondary N) is 1. The summed E-state index contributed by atoms with van der Waals surface area (Å²) in [6.07, 6.45) is 2.67. The Labute approximate surface area is 78.5 Å². The van der Waals surface area contributed by atoms with Crippen LogP contribution in [0.4, 0.5) is 0 Å². The van der Waals surface area contributed by atoms with Gasteiger partial charge in [0.05, 0.1) is 12.1 Å². The smallest absolute Gasteiger partial charge is 0.236 e. The maximum atomic E-state index is 11.1. The van der Waals surface area contributed by atoms with E-state index < -0.39 is 6.04 Å². The lowest BCUT2D eigenvalue weighted by molar-refractivity contribution is -0.122. The van der Waals surface area contributed by atoms with Gasteiger partial charge in [0, 0.05) is 12.5 Å². The molecule has 0 aromatic rings. The monoisotopic (exact) mass is 186 g/mol. The Morgan fingerprint density at radius 2 is 2.38 bits per heavy atom. The summed E-state index contributed by atoms with van der Waals surface area (Å²) in [4.78, 5) is 11.1. The van der Waals surface area contributed by atoms with E-state index in [0.29, 0.717) is 6.54 Å². The molecule has 4 N–H and O–H groups in total. The highest BCUT2D eigenvalue weighted by Crippen LogP contribution is 2.24. The van der Waals surface area contributed by atoms with Crippen molar-refractivity contribution >= 4 is 5.91 Å². The largest absolute Gasteiger partial charge is 0.393 e. The standard InChI is InChI=1S/C9H18N2O2/c1-6(10)9(13)11-5-7-3-2-4-8(7)12/h6-8,12H,2-5,10H2,1H3,(H,11,13)/t6-,7?,8?/m0/s1. The summed E-state index contributed by atoms with van der Waals surface area (Å²) >= 11 is 0. The summed E-state index contributed by atoms with van der Waals surface area (Å²) in [7, 11) is 0. The average molecular weight is 186 g/mol. The van der Waals surface area contributed by atoms with E-state index in [9.17, 15) is 9.90 Å². The lowest BCUT2D eigenvalue weighted by Gasteiger charge is -2.15. The molecule has 0 radical (unpaired) electrons. The minimum atomic E-state index is -0.460. The first kappa shape index (κ1) is 10.5. The van der Waals surface area contributed by atoms with E-state index in [0.717, 1.165) is 19.3 Å². The van der Waals surface area contributed by atoms with Crippen LogP contribution in [0, 0.1) is 5.92 Å². The molecule has 3 atom stereocenters. The lowest BCUT2D eigenvalue weighted by Crippen LogP contribution is -2.41. The summed E-state index contributed by atoms with van der Waals surface area (Å²) < 4.78 is 0. The SMILES string of the molecule is C[C@H](N)C(=O)NCC1CCCC1O. The van der Waals surface area contributed by atoms with Crippen LogP contribution >= 0.6 is 0 Å². The van der Waals surface area contributed by atoms with Crippen molar-refractivity contribution in [1.82, 2.24) is 5.32 Å². The van der Waals surface area contributed by atoms with Crippen LogP contribution in [0.1, 0.15) is 26.2 Å². The van der Waals surface area contributed by atoms with E-state index in [1.165, 1.54) is 0 Å². The van der Waals surface area contributed by atoms with Gasteiger partial charge in [0.25, 0.3) is 0 Å². The lowest BCUT2D eigenvalue weighted by atomic mass is 10.1. The quantitative estimate of drug-likeness (QED) is 0.562. The molecular formula is C9H18N2O2. The van der Waals surface area contributed by atoms with Gasteiger partial charge in [0.1, 0.15) is 0 Å². The van der Waals surface area contributed by atoms with Gasteiger partial charge in [-0.2, -0.15) is 0 Å². The van der Waals surface area contributed by atoms with Gasteiger partial charge in [-0.3, -0.25) is 4.79 Å². The molecule has 4 nitrogen and oxygen atoms in total. The first-order valence-electron chi connectivity index (χ1n) is 4.82. The maximum Gasteiger partial charge on any atom is 0.236 e. The molecule has 76 valence electrons. The van der Waals surface area contributed by atoms with Gasteiger partial charge in [0.2, 0.25) is 5.91 Å². The van der Waals surface area contributed by atoms with Crippen LogP contribution < -0.4 is 11.1 Å². The predicted octanol–water partition coefficient (Wildman–Crippen LogP) is -0.389. The third-order valence-electron chi connectivity index (χ3n) is 2.57. The van der Waals surface area contributed by atoms with Gasteiger partial charge in [0.15, 0.2) is 0 Å². The molecule has 2 unspecified atom stereocenters. The predicted molar refractivity (Wildman–Crippen MR) is 50.0 cm³/mol. The van der Waals surface area contributed by atoms with Crippen molar-refractivity contribution in [2.45, 2.75) is 38.3 Å². The maximum absolute atomic E-state index is 11.1. The highest BCUT2D eigenvalue weighted by molar-refractivity contribution is 5.80. The number of aliphatic hydroxyl groups excluding tert-OH is 1. The summed E-state index contributed by atoms with van der Waals surface area (Å²) in [5, 5.41) is 12.2. The van der Waals surface area contributed by atoms with Crippen molar-refractivity contribution < 1.29 is 9.90 Å². The molecule has 1 aliphatic carbocycles. The Kier molecular flexibility index (Phi) is 3.69. The van der Waals surface area contributed by atoms with Crippen molar-refractivity contribution in [2.75, 3.05) is 6.54 Å². The molecule has 1 fully saturated rings. The Morgan fingerprint density at radius 1 is 1.69 bits per heavy atom. The van der Waals surface area contributed by atoms with Crippen LogP contribution in [-0.4, -0.2) is 29.7 Å². The molecule has 0 aromatic heterocycles. The zero-order valence-corrected chi connectivity index (χ0v) is 7.99. The highest BCUT2D eigenvalue weighted by Gasteiger charge is 2.25. The van der Waals surface area contributed by atoms with Crippen molar-refractivity contribution in [1.29, 1.82) is 0 Å². The van der Waals surface area contributed by atoms with Crippen LogP contribution in [0.25, 0.3) is 0 Å². The molecule has 1 saturated carbocycles. The second kappa shape index (κ2) is 4.58. The van der Waals surface area contributed by atoms with E-state index in [4.69, 9.17) is 5.73 Å². The number of rotatable bonds is 3. The molecule has 0 bridgehead atoms. The minimum absolute atomic E-state index is 0.140. The van der Waals surface area contributed by atoms with E-state index in [1.54, 1.807) is 6.92 Å². The second-order valence-electron chi connectivity index (χ2n) is 3.79. The molecular weight excluding hydrogens is 168 g/mol.